The lowest BCUT2D eigenvalue weighted by Crippen LogP contribution is -2.39. The van der Waals surface area contributed by atoms with Crippen molar-refractivity contribution in [2.24, 2.45) is 0 Å². The van der Waals surface area contributed by atoms with Crippen molar-refractivity contribution >= 4 is 6.29 Å². The summed E-state index contributed by atoms with van der Waals surface area (Å²) in [6, 6.07) is 49.4. The second kappa shape index (κ2) is 12.2. The van der Waals surface area contributed by atoms with Crippen molar-refractivity contribution in [1.82, 2.24) is 19.7 Å². The van der Waals surface area contributed by atoms with Crippen LogP contribution in [0.5, 0.6) is 0 Å². The Morgan fingerprint density at radius 1 is 0.609 bits per heavy atom. The number of aromatic nitrogens is 4. The quantitative estimate of drug-likeness (QED) is 0.130. The molecular weight excluding hydrogens is 564 g/mol. The zero-order chi connectivity index (χ0) is 31.5. The smallest absolute Gasteiger partial charge is 0.150 e. The lowest BCUT2D eigenvalue weighted by molar-refractivity contribution is 0.112. The van der Waals surface area contributed by atoms with Crippen molar-refractivity contribution in [3.05, 3.63) is 185 Å². The summed E-state index contributed by atoms with van der Waals surface area (Å²) in [4.78, 5) is 21.0. The molecule has 222 valence electrons. The SMILES string of the molecule is Cc1cccc(-c2nn(C(c3ccccc3)(c3ccccc3)c3ccccc3)c(C)c2-c2ccnc(-c3ccc(C=O)cc3)c2)n1. The fourth-order valence-electron chi connectivity index (χ4n) is 6.41. The van der Waals surface area contributed by atoms with Crippen molar-refractivity contribution in [3.8, 4) is 33.8 Å². The topological polar surface area (TPSA) is 60.7 Å². The molecule has 5 nitrogen and oxygen atoms in total. The molecule has 0 radical (unpaired) electrons. The summed E-state index contributed by atoms with van der Waals surface area (Å²) in [5.74, 6) is 0. The summed E-state index contributed by atoms with van der Waals surface area (Å²) in [6.45, 7) is 4.15. The monoisotopic (exact) mass is 596 g/mol. The van der Waals surface area contributed by atoms with E-state index in [2.05, 4.69) is 90.5 Å². The molecule has 0 unspecified atom stereocenters. The Morgan fingerprint density at radius 3 is 1.74 bits per heavy atom. The van der Waals surface area contributed by atoms with Gasteiger partial charge in [0.2, 0.25) is 0 Å². The van der Waals surface area contributed by atoms with Crippen LogP contribution in [0.15, 0.2) is 152 Å². The number of hydrogen-bond acceptors (Lipinski definition) is 4. The average molecular weight is 597 g/mol. The lowest BCUT2D eigenvalue weighted by Gasteiger charge is -2.37. The standard InChI is InChI=1S/C41H32N4O/c1-29-13-12-20-37(43-29)40-39(33-25-26-42-38(27-33)32-23-21-31(28-46)22-24-32)30(2)45(44-40)41(34-14-6-3-7-15-34,35-16-8-4-9-17-35)36-18-10-5-11-19-36/h3-28H,1-2H3. The third-order valence-electron chi connectivity index (χ3n) is 8.53. The van der Waals surface area contributed by atoms with Crippen molar-refractivity contribution in [3.63, 3.8) is 0 Å². The van der Waals surface area contributed by atoms with Gasteiger partial charge in [0.25, 0.3) is 0 Å². The van der Waals surface area contributed by atoms with E-state index >= 15 is 0 Å². The van der Waals surface area contributed by atoms with Gasteiger partial charge in [-0.05, 0) is 60.4 Å². The van der Waals surface area contributed by atoms with E-state index in [1.165, 1.54) is 0 Å². The van der Waals surface area contributed by atoms with Crippen LogP contribution in [0.3, 0.4) is 0 Å². The molecule has 0 N–H and O–H groups in total. The van der Waals surface area contributed by atoms with Gasteiger partial charge in [-0.1, -0.05) is 121 Å². The van der Waals surface area contributed by atoms with Crippen LogP contribution in [-0.2, 0) is 5.54 Å². The van der Waals surface area contributed by atoms with E-state index in [1.807, 2.05) is 79.9 Å². The number of carbonyl (C=O) groups is 1. The Kier molecular flexibility index (Phi) is 7.65. The van der Waals surface area contributed by atoms with Crippen LogP contribution in [0.2, 0.25) is 0 Å². The van der Waals surface area contributed by atoms with Gasteiger partial charge in [0.15, 0.2) is 0 Å². The minimum absolute atomic E-state index is 0.629. The fourth-order valence-corrected chi connectivity index (χ4v) is 6.41. The van der Waals surface area contributed by atoms with Gasteiger partial charge < -0.3 is 0 Å². The maximum Gasteiger partial charge on any atom is 0.150 e. The second-order valence-electron chi connectivity index (χ2n) is 11.4. The number of rotatable bonds is 8. The van der Waals surface area contributed by atoms with Crippen LogP contribution in [0.1, 0.15) is 38.4 Å². The molecule has 0 atom stereocenters. The van der Waals surface area contributed by atoms with Crippen LogP contribution in [0.4, 0.5) is 0 Å². The van der Waals surface area contributed by atoms with Gasteiger partial charge in [-0.25, -0.2) is 4.68 Å². The summed E-state index contributed by atoms with van der Waals surface area (Å²) < 4.78 is 2.18. The van der Waals surface area contributed by atoms with Crippen molar-refractivity contribution in [2.45, 2.75) is 19.4 Å². The molecule has 0 aliphatic carbocycles. The summed E-state index contributed by atoms with van der Waals surface area (Å²) in [7, 11) is 0. The van der Waals surface area contributed by atoms with Gasteiger partial charge in [-0.15, -0.1) is 0 Å². The van der Waals surface area contributed by atoms with Gasteiger partial charge in [0.1, 0.15) is 17.5 Å². The van der Waals surface area contributed by atoms with Crippen molar-refractivity contribution in [1.29, 1.82) is 0 Å². The Balaban J connectivity index is 1.56. The molecule has 0 spiro atoms. The van der Waals surface area contributed by atoms with Gasteiger partial charge in [-0.2, -0.15) is 5.10 Å². The fraction of sp³-hybridized carbons (Fsp3) is 0.0732. The van der Waals surface area contributed by atoms with Gasteiger partial charge in [0.05, 0.1) is 11.4 Å². The first kappa shape index (κ1) is 28.8. The number of carbonyl (C=O) groups excluding carboxylic acids is 1. The number of pyridine rings is 2. The maximum absolute atomic E-state index is 11.3. The predicted molar refractivity (Wildman–Crippen MR) is 184 cm³/mol. The molecule has 0 saturated heterocycles. The molecule has 0 saturated carbocycles. The normalized spacial score (nSPS) is 11.3. The zero-order valence-corrected chi connectivity index (χ0v) is 25.7. The molecule has 3 heterocycles. The van der Waals surface area contributed by atoms with E-state index < -0.39 is 5.54 Å². The molecule has 3 aromatic heterocycles. The van der Waals surface area contributed by atoms with E-state index in [-0.39, 0.29) is 0 Å². The van der Waals surface area contributed by atoms with Crippen LogP contribution in [-0.4, -0.2) is 26.0 Å². The Labute approximate surface area is 268 Å². The van der Waals surface area contributed by atoms with Crippen molar-refractivity contribution < 1.29 is 4.79 Å². The number of aryl methyl sites for hydroxylation is 1. The number of hydrogen-bond donors (Lipinski definition) is 0. The van der Waals surface area contributed by atoms with Gasteiger partial charge >= 0.3 is 0 Å². The minimum Gasteiger partial charge on any atom is -0.298 e. The molecule has 0 amide bonds. The summed E-state index contributed by atoms with van der Waals surface area (Å²) in [6.07, 6.45) is 2.69. The van der Waals surface area contributed by atoms with E-state index in [9.17, 15) is 4.79 Å². The largest absolute Gasteiger partial charge is 0.298 e. The average Bonchev–Trinajstić information content (AvgIpc) is 3.47. The summed E-state index contributed by atoms with van der Waals surface area (Å²) >= 11 is 0. The van der Waals surface area contributed by atoms with E-state index in [0.29, 0.717) is 5.56 Å². The van der Waals surface area contributed by atoms with E-state index in [0.717, 1.165) is 68.1 Å². The first-order chi connectivity index (χ1) is 22.6. The molecule has 7 rings (SSSR count). The van der Waals surface area contributed by atoms with Crippen LogP contribution in [0, 0.1) is 13.8 Å². The molecule has 4 aromatic carbocycles. The van der Waals surface area contributed by atoms with E-state index in [4.69, 9.17) is 15.1 Å². The first-order valence-electron chi connectivity index (χ1n) is 15.3. The third-order valence-corrected chi connectivity index (χ3v) is 8.53. The molecule has 7 aromatic rings. The highest BCUT2D eigenvalue weighted by atomic mass is 16.1. The molecule has 0 bridgehead atoms. The zero-order valence-electron chi connectivity index (χ0n) is 25.7. The molecule has 0 aliphatic rings. The predicted octanol–water partition coefficient (Wildman–Crippen LogP) is 8.94. The first-order valence-corrected chi connectivity index (χ1v) is 15.3. The van der Waals surface area contributed by atoms with Crippen LogP contribution < -0.4 is 0 Å². The highest BCUT2D eigenvalue weighted by Crippen LogP contribution is 2.45. The van der Waals surface area contributed by atoms with E-state index in [1.54, 1.807) is 0 Å². The molecule has 46 heavy (non-hydrogen) atoms. The Hall–Kier alpha value is -5.94. The second-order valence-corrected chi connectivity index (χ2v) is 11.4. The van der Waals surface area contributed by atoms with Gasteiger partial charge in [0, 0.05) is 34.3 Å². The Morgan fingerprint density at radius 2 is 1.20 bits per heavy atom. The highest BCUT2D eigenvalue weighted by molar-refractivity contribution is 5.84. The van der Waals surface area contributed by atoms with Crippen LogP contribution >= 0.6 is 0 Å². The van der Waals surface area contributed by atoms with Gasteiger partial charge in [-0.3, -0.25) is 14.8 Å². The number of aldehydes is 1. The molecule has 0 fully saturated rings. The maximum atomic E-state index is 11.3. The van der Waals surface area contributed by atoms with Crippen LogP contribution in [0.25, 0.3) is 33.8 Å². The minimum atomic E-state index is -0.786. The summed E-state index contributed by atoms with van der Waals surface area (Å²) in [5, 5.41) is 5.52. The summed E-state index contributed by atoms with van der Waals surface area (Å²) in [5.41, 5.74) is 10.3. The third kappa shape index (κ3) is 5.02. The molecule has 0 aliphatic heterocycles. The lowest BCUT2D eigenvalue weighted by atomic mass is 9.77. The molecular formula is C41H32N4O. The Bertz CT molecular complexity index is 2020. The molecule has 5 heteroatoms. The van der Waals surface area contributed by atoms with Crippen molar-refractivity contribution in [2.75, 3.05) is 0 Å². The number of benzene rings is 4. The number of nitrogens with zero attached hydrogens (tertiary/aromatic N) is 4. The highest BCUT2D eigenvalue weighted by Gasteiger charge is 2.41.